The smallest absolute Gasteiger partial charge is 0.408 e. The van der Waals surface area contributed by atoms with Crippen molar-refractivity contribution in [2.45, 2.75) is 76.5 Å². The van der Waals surface area contributed by atoms with E-state index in [9.17, 15) is 14.4 Å². The molecule has 1 aliphatic heterocycles. The predicted molar refractivity (Wildman–Crippen MR) is 152 cm³/mol. The summed E-state index contributed by atoms with van der Waals surface area (Å²) < 4.78 is 20.5. The van der Waals surface area contributed by atoms with Gasteiger partial charge in [-0.1, -0.05) is 44.0 Å². The highest BCUT2D eigenvalue weighted by atomic mass is 32.2. The number of nitrogens with one attached hydrogen (secondary N) is 1. The molecule has 0 fully saturated rings. The summed E-state index contributed by atoms with van der Waals surface area (Å²) in [7, 11) is 0. The van der Waals surface area contributed by atoms with Gasteiger partial charge < -0.3 is 15.0 Å². The molecular formula is C30H34FN3O4S. The first-order valence-corrected chi connectivity index (χ1v) is 14.2. The predicted octanol–water partition coefficient (Wildman–Crippen LogP) is 6.67. The number of anilines is 1. The van der Waals surface area contributed by atoms with Gasteiger partial charge in [0.25, 0.3) is 5.91 Å². The van der Waals surface area contributed by atoms with Crippen molar-refractivity contribution in [2.75, 3.05) is 10.7 Å². The van der Waals surface area contributed by atoms with E-state index in [2.05, 4.69) is 5.32 Å². The third-order valence-electron chi connectivity index (χ3n) is 6.28. The van der Waals surface area contributed by atoms with Crippen LogP contribution >= 0.6 is 11.8 Å². The van der Waals surface area contributed by atoms with Crippen molar-refractivity contribution in [3.05, 3.63) is 65.6 Å². The lowest BCUT2D eigenvalue weighted by Crippen LogP contribution is -2.50. The molecule has 3 aromatic rings. The maximum atomic E-state index is 15.1. The van der Waals surface area contributed by atoms with Gasteiger partial charge in [0.05, 0.1) is 29.0 Å². The first-order valence-electron chi connectivity index (χ1n) is 13.2. The maximum absolute atomic E-state index is 15.1. The summed E-state index contributed by atoms with van der Waals surface area (Å²) in [5.41, 5.74) is 1.05. The third kappa shape index (κ3) is 7.15. The minimum Gasteiger partial charge on any atom is -0.444 e. The number of carbonyl (C=O) groups excluding carboxylic acids is 3. The molecule has 0 spiro atoms. The molecule has 0 unspecified atom stereocenters. The molecule has 0 saturated heterocycles. The Balaban J connectivity index is 1.71. The summed E-state index contributed by atoms with van der Waals surface area (Å²) in [5, 5.41) is 3.64. The number of Topliss-reactive ketones (excluding diaryl/α,β-unsaturated/α-hetero) is 1. The Bertz CT molecular complexity index is 1390. The fourth-order valence-corrected chi connectivity index (χ4v) is 5.46. The zero-order chi connectivity index (χ0) is 28.2. The SMILES string of the molecule is CCCCCC(=O)c1cc2c(cc1F)SC[C@H](NC(=O)OC(C)(C)C)C(=O)N2Cc1ccc2ccccc2n1. The lowest BCUT2D eigenvalue weighted by molar-refractivity contribution is -0.120. The van der Waals surface area contributed by atoms with Gasteiger partial charge in [0.1, 0.15) is 17.5 Å². The van der Waals surface area contributed by atoms with E-state index >= 15 is 4.39 Å². The van der Waals surface area contributed by atoms with Crippen LogP contribution in [0.1, 0.15) is 69.4 Å². The van der Waals surface area contributed by atoms with Gasteiger partial charge in [-0.25, -0.2) is 9.18 Å². The second-order valence-corrected chi connectivity index (χ2v) is 11.7. The first kappa shape index (κ1) is 28.5. The molecule has 1 aromatic heterocycles. The summed E-state index contributed by atoms with van der Waals surface area (Å²) in [5.74, 6) is -1.12. The van der Waals surface area contributed by atoms with E-state index in [1.165, 1.54) is 28.8 Å². The summed E-state index contributed by atoms with van der Waals surface area (Å²) in [6.45, 7) is 7.35. The average molecular weight is 552 g/mol. The zero-order valence-electron chi connectivity index (χ0n) is 22.8. The Morgan fingerprint density at radius 1 is 1.15 bits per heavy atom. The van der Waals surface area contributed by atoms with Crippen LogP contribution in [-0.2, 0) is 16.1 Å². The summed E-state index contributed by atoms with van der Waals surface area (Å²) in [4.78, 5) is 46.1. The van der Waals surface area contributed by atoms with Crippen LogP contribution < -0.4 is 10.2 Å². The molecule has 0 radical (unpaired) electrons. The molecule has 2 amide bonds. The number of fused-ring (bicyclic) bond motifs is 2. The monoisotopic (exact) mass is 551 g/mol. The largest absolute Gasteiger partial charge is 0.444 e. The molecule has 0 aliphatic carbocycles. The number of benzene rings is 2. The van der Waals surface area contributed by atoms with Crippen LogP contribution in [0, 0.1) is 5.82 Å². The van der Waals surface area contributed by atoms with E-state index in [-0.39, 0.29) is 30.1 Å². The lowest BCUT2D eigenvalue weighted by atomic mass is 10.0. The number of carbonyl (C=O) groups is 3. The number of hydrogen-bond acceptors (Lipinski definition) is 6. The average Bonchev–Trinajstić information content (AvgIpc) is 2.99. The summed E-state index contributed by atoms with van der Waals surface area (Å²) in [6, 6.07) is 13.3. The molecule has 7 nitrogen and oxygen atoms in total. The Morgan fingerprint density at radius 2 is 1.92 bits per heavy atom. The number of nitrogens with zero attached hydrogens (tertiary/aromatic N) is 2. The minimum absolute atomic E-state index is 0.0340. The second-order valence-electron chi connectivity index (χ2n) is 10.6. The van der Waals surface area contributed by atoms with Crippen molar-refractivity contribution in [3.63, 3.8) is 0 Å². The fourth-order valence-electron chi connectivity index (χ4n) is 4.38. The highest BCUT2D eigenvalue weighted by Gasteiger charge is 2.34. The van der Waals surface area contributed by atoms with Gasteiger partial charge in [0, 0.05) is 22.5 Å². The number of thioether (sulfide) groups is 1. The standard InChI is InChI=1S/C30H34FN3O4S/c1-5-6-7-12-26(35)21-15-25-27(16-22(21)31)39-18-24(33-29(37)38-30(2,3)4)28(36)34(25)17-20-14-13-19-10-8-9-11-23(19)32-20/h8-11,13-16,24H,5-7,12,17-18H2,1-4H3,(H,33,37)/t24-/m0/s1. The second kappa shape index (κ2) is 12.2. The van der Waals surface area contributed by atoms with Gasteiger partial charge in [0.2, 0.25) is 0 Å². The van der Waals surface area contributed by atoms with Crippen LogP contribution in [0.4, 0.5) is 14.9 Å². The number of ketones is 1. The number of ether oxygens (including phenoxy) is 1. The van der Waals surface area contributed by atoms with E-state index in [0.717, 1.165) is 23.7 Å². The Hall–Kier alpha value is -3.46. The van der Waals surface area contributed by atoms with Gasteiger partial charge in [-0.3, -0.25) is 14.6 Å². The number of amides is 2. The van der Waals surface area contributed by atoms with Crippen LogP contribution in [0.2, 0.25) is 0 Å². The van der Waals surface area contributed by atoms with E-state index in [1.807, 2.05) is 43.3 Å². The normalized spacial score (nSPS) is 15.6. The third-order valence-corrected chi connectivity index (χ3v) is 7.42. The van der Waals surface area contributed by atoms with Gasteiger partial charge in [-0.05, 0) is 51.5 Å². The molecule has 1 atom stereocenters. The van der Waals surface area contributed by atoms with Crippen molar-refractivity contribution >= 4 is 46.1 Å². The molecule has 1 aliphatic rings. The molecule has 2 heterocycles. The number of pyridine rings is 1. The van der Waals surface area contributed by atoms with Gasteiger partial charge in [-0.2, -0.15) is 0 Å². The molecular weight excluding hydrogens is 517 g/mol. The van der Waals surface area contributed by atoms with Crippen LogP contribution in [0.5, 0.6) is 0 Å². The van der Waals surface area contributed by atoms with Crippen molar-refractivity contribution in [1.82, 2.24) is 10.3 Å². The van der Waals surface area contributed by atoms with Crippen LogP contribution in [0.25, 0.3) is 10.9 Å². The molecule has 9 heteroatoms. The molecule has 2 aromatic carbocycles. The lowest BCUT2D eigenvalue weighted by Gasteiger charge is -2.27. The van der Waals surface area contributed by atoms with Gasteiger partial charge in [0.15, 0.2) is 5.78 Å². The number of unbranched alkanes of at least 4 members (excludes halogenated alkanes) is 2. The minimum atomic E-state index is -0.926. The topological polar surface area (TPSA) is 88.6 Å². The van der Waals surface area contributed by atoms with E-state index in [4.69, 9.17) is 9.72 Å². The highest BCUT2D eigenvalue weighted by molar-refractivity contribution is 7.99. The molecule has 0 bridgehead atoms. The van der Waals surface area contributed by atoms with Crippen molar-refractivity contribution in [1.29, 1.82) is 0 Å². The number of para-hydroxylation sites is 1. The van der Waals surface area contributed by atoms with Gasteiger partial charge >= 0.3 is 6.09 Å². The fraction of sp³-hybridized carbons (Fsp3) is 0.400. The maximum Gasteiger partial charge on any atom is 0.408 e. The quantitative estimate of drug-likeness (QED) is 0.249. The van der Waals surface area contributed by atoms with Crippen LogP contribution in [0.3, 0.4) is 0 Å². The first-order chi connectivity index (χ1) is 18.6. The summed E-state index contributed by atoms with van der Waals surface area (Å²) >= 11 is 1.25. The summed E-state index contributed by atoms with van der Waals surface area (Å²) in [6.07, 6.45) is 2.02. The Kier molecular flexibility index (Phi) is 8.90. The molecule has 39 heavy (non-hydrogen) atoms. The number of aromatic nitrogens is 1. The highest BCUT2D eigenvalue weighted by Crippen LogP contribution is 2.38. The van der Waals surface area contributed by atoms with E-state index in [1.54, 1.807) is 20.8 Å². The van der Waals surface area contributed by atoms with E-state index < -0.39 is 29.5 Å². The van der Waals surface area contributed by atoms with Crippen molar-refractivity contribution in [2.24, 2.45) is 0 Å². The Labute approximate surface area is 232 Å². The zero-order valence-corrected chi connectivity index (χ0v) is 23.6. The molecule has 206 valence electrons. The van der Waals surface area contributed by atoms with Crippen LogP contribution in [-0.4, -0.2) is 40.2 Å². The number of alkyl carbamates (subject to hydrolysis) is 1. The van der Waals surface area contributed by atoms with Crippen LogP contribution in [0.15, 0.2) is 53.4 Å². The number of hydrogen-bond donors (Lipinski definition) is 1. The molecule has 1 N–H and O–H groups in total. The van der Waals surface area contributed by atoms with Crippen molar-refractivity contribution in [3.8, 4) is 0 Å². The number of rotatable bonds is 8. The molecule has 4 rings (SSSR count). The van der Waals surface area contributed by atoms with E-state index in [0.29, 0.717) is 22.7 Å². The molecule has 0 saturated carbocycles. The van der Waals surface area contributed by atoms with Crippen molar-refractivity contribution < 1.29 is 23.5 Å². The number of halogens is 1. The van der Waals surface area contributed by atoms with Gasteiger partial charge in [-0.15, -0.1) is 11.8 Å². The Morgan fingerprint density at radius 3 is 2.67 bits per heavy atom.